The summed E-state index contributed by atoms with van der Waals surface area (Å²) in [7, 11) is -28.6. The van der Waals surface area contributed by atoms with Gasteiger partial charge in [-0.1, -0.05) is 12.2 Å². The zero-order chi connectivity index (χ0) is 62.4. The first-order valence-corrected chi connectivity index (χ1v) is 42.4. The lowest BCUT2D eigenvalue weighted by Gasteiger charge is -2.24. The van der Waals surface area contributed by atoms with Crippen LogP contribution < -0.4 is 0 Å². The SMILES string of the molecule is CC(C)OP(=O)(CS(=O)(=O)CS(=O)(=O)CP(=O)(OC(C)C)OC(C)C)OC(C)C.CC(C)OP(=O)(CSCSCP(=O)(OC(C)C)OC(C)C)OC(C)C.CC(C)O[P+](=O)OC(C)C.CSC(=S)P(=O)(OC(C)C)OC(C)C. The second kappa shape index (κ2) is 41.8. The highest BCUT2D eigenvalue weighted by molar-refractivity contribution is 8.35. The Bertz CT molecular complexity index is 1970. The zero-order valence-corrected chi connectivity index (χ0v) is 61.1. The predicted molar refractivity (Wildman–Crippen MR) is 329 cm³/mol. The van der Waals surface area contributed by atoms with Gasteiger partial charge in [0.05, 0.1) is 72.0 Å². The molecule has 0 aromatic heterocycles. The minimum absolute atomic E-state index is 0.0395. The van der Waals surface area contributed by atoms with Gasteiger partial charge in [-0.05, 0) is 172 Å². The van der Waals surface area contributed by atoms with E-state index in [1.54, 1.807) is 89.3 Å². The Morgan fingerprint density at radius 1 is 0.397 bits per heavy atom. The maximum atomic E-state index is 12.8. The Kier molecular flexibility index (Phi) is 46.2. The number of sulfone groups is 2. The van der Waals surface area contributed by atoms with Crippen molar-refractivity contribution in [3.8, 4) is 0 Å². The summed E-state index contributed by atoms with van der Waals surface area (Å²) in [5.41, 5.74) is -1.71. The lowest BCUT2D eigenvalue weighted by Crippen LogP contribution is -2.25. The second-order valence-electron chi connectivity index (χ2n) is 20.1. The number of hydrogen-bond donors (Lipinski definition) is 0. The quantitative estimate of drug-likeness (QED) is 0.0242. The largest absolute Gasteiger partial charge is 0.697 e. The third-order valence-corrected chi connectivity index (χ3v) is 32.0. The molecule has 22 nitrogen and oxygen atoms in total. The molecule has 0 saturated heterocycles. The molecule has 0 aromatic carbocycles. The molecule has 0 spiro atoms. The molecule has 0 amide bonds. The third kappa shape index (κ3) is 50.0. The van der Waals surface area contributed by atoms with Crippen LogP contribution in [0.4, 0.5) is 0 Å². The molecular weight excluding hydrogens is 1260 g/mol. The number of hydrogen-bond acceptors (Lipinski definition) is 26. The van der Waals surface area contributed by atoms with E-state index >= 15 is 0 Å². The van der Waals surface area contributed by atoms with Crippen LogP contribution in [0.1, 0.15) is 166 Å². The zero-order valence-electron chi connectivity index (χ0n) is 50.8. The monoisotopic (exact) mass is 1360 g/mol. The van der Waals surface area contributed by atoms with Gasteiger partial charge in [-0.25, -0.2) is 16.8 Å². The van der Waals surface area contributed by atoms with E-state index in [-0.39, 0.29) is 59.8 Å². The van der Waals surface area contributed by atoms with Crippen LogP contribution >= 0.6 is 93.7 Å². The lowest BCUT2D eigenvalue weighted by molar-refractivity contribution is 0.144. The normalized spacial score (nSPS) is 13.4. The Hall–Kier alpha value is 1.81. The van der Waals surface area contributed by atoms with Gasteiger partial charge in [-0.2, -0.15) is 0 Å². The van der Waals surface area contributed by atoms with Crippen molar-refractivity contribution in [1.82, 2.24) is 0 Å². The Morgan fingerprint density at radius 2 is 0.615 bits per heavy atom. The first kappa shape index (κ1) is 86.3. The molecule has 0 saturated carbocycles. The van der Waals surface area contributed by atoms with Crippen LogP contribution in [0.25, 0.3) is 0 Å². The molecule has 0 bridgehead atoms. The van der Waals surface area contributed by atoms with Crippen molar-refractivity contribution in [2.45, 2.75) is 239 Å². The Balaban J connectivity index is -0.000000503. The first-order chi connectivity index (χ1) is 35.0. The van der Waals surface area contributed by atoms with Crippen LogP contribution in [0.15, 0.2) is 0 Å². The molecule has 34 heteroatoms. The van der Waals surface area contributed by atoms with E-state index in [1.807, 2.05) is 83.1 Å². The molecule has 0 fully saturated rings. The summed E-state index contributed by atoms with van der Waals surface area (Å²) in [6.07, 6.45) is -1.74. The van der Waals surface area contributed by atoms with Crippen LogP contribution in [-0.4, -0.2) is 132 Å². The van der Waals surface area contributed by atoms with Gasteiger partial charge < -0.3 is 45.2 Å². The van der Waals surface area contributed by atoms with Crippen molar-refractivity contribution < 1.29 is 98.5 Å². The topological polar surface area (TPSA) is 281 Å². The van der Waals surface area contributed by atoms with E-state index in [1.165, 1.54) is 35.3 Å². The molecule has 0 unspecified atom stereocenters. The van der Waals surface area contributed by atoms with Crippen LogP contribution in [-0.2, 0) is 101 Å². The fourth-order valence-corrected chi connectivity index (χ4v) is 28.2. The summed E-state index contributed by atoms with van der Waals surface area (Å²) >= 11 is 9.09. The van der Waals surface area contributed by atoms with Gasteiger partial charge >= 0.3 is 46.2 Å². The molecule has 0 aromatic rings. The van der Waals surface area contributed by atoms with Gasteiger partial charge in [0.25, 0.3) is 0 Å². The van der Waals surface area contributed by atoms with Crippen LogP contribution in [0.3, 0.4) is 0 Å². The molecule has 0 aliphatic heterocycles. The number of thioether (sulfide) groups is 3. The minimum Gasteiger partial charge on any atom is -0.305 e. The maximum absolute atomic E-state index is 12.8. The predicted octanol–water partition coefficient (Wildman–Crippen LogP) is 16.4. The molecule has 0 aliphatic rings. The van der Waals surface area contributed by atoms with Crippen molar-refractivity contribution in [3.63, 3.8) is 0 Å². The Labute approximate surface area is 490 Å². The summed E-state index contributed by atoms with van der Waals surface area (Å²) in [6, 6.07) is 0. The van der Waals surface area contributed by atoms with Crippen molar-refractivity contribution >= 4 is 117 Å². The van der Waals surface area contributed by atoms with E-state index in [0.717, 1.165) is 0 Å². The van der Waals surface area contributed by atoms with Crippen molar-refractivity contribution in [3.05, 3.63) is 0 Å². The van der Waals surface area contributed by atoms with Crippen molar-refractivity contribution in [2.24, 2.45) is 0 Å². The number of rotatable bonds is 37. The Morgan fingerprint density at radius 3 is 0.808 bits per heavy atom. The van der Waals surface area contributed by atoms with Gasteiger partial charge in [0.1, 0.15) is 12.2 Å². The first-order valence-electron chi connectivity index (χ1n) is 25.3. The van der Waals surface area contributed by atoms with Gasteiger partial charge in [0.15, 0.2) is 39.7 Å². The minimum atomic E-state index is -4.45. The summed E-state index contributed by atoms with van der Waals surface area (Å²) in [4.78, 5) is 0. The highest BCUT2D eigenvalue weighted by Crippen LogP contribution is 2.57. The summed E-state index contributed by atoms with van der Waals surface area (Å²) < 4.78 is 187. The molecule has 472 valence electrons. The number of thiocarbonyl (C=S) groups is 1. The van der Waals surface area contributed by atoms with Crippen LogP contribution in [0.5, 0.6) is 0 Å². The molecular formula is C44H99O22P6S6+. The van der Waals surface area contributed by atoms with E-state index in [9.17, 15) is 44.2 Å². The molecule has 0 radical (unpaired) electrons. The maximum Gasteiger partial charge on any atom is 0.697 e. The molecule has 78 heavy (non-hydrogen) atoms. The summed E-state index contributed by atoms with van der Waals surface area (Å²) in [6.45, 7) is 41.5. The van der Waals surface area contributed by atoms with Gasteiger partial charge in [-0.15, -0.1) is 44.3 Å². The standard InChI is InChI=1S/C15H34O10P2S2.C15H34O6P2S2.C8H17O3PS2.C6H14O3P/c1-12(2)22-26(16,23-13(3)4)9-28(18,19)11-29(20,21)10-27(17,24-14(5)6)25-15(7)8;1-12(2)18-22(16,19-13(3)4)9-24-11-25-10-23(17,20-14(5)6)21-15(7)8;1-6(2)10-12(9,8(13)14-5)11-7(3)4;1-5(2)8-10(7)9-6(3)4/h12-15H,9-11H2,1-8H3;12-15H,9-11H2,1-8H3;6-7H,1-5H3;5-6H,1-4H3/q;;;+1. The molecule has 0 aliphatic carbocycles. The van der Waals surface area contributed by atoms with Crippen molar-refractivity contribution in [1.29, 1.82) is 0 Å². The summed E-state index contributed by atoms with van der Waals surface area (Å²) in [5, 5.41) is -0.792. The highest BCUT2D eigenvalue weighted by atomic mass is 32.3. The average molecular weight is 1360 g/mol. The van der Waals surface area contributed by atoms with Gasteiger partial charge in [0.2, 0.25) is 0 Å². The van der Waals surface area contributed by atoms with Gasteiger partial charge in [-0.3, -0.25) is 22.8 Å². The summed E-state index contributed by atoms with van der Waals surface area (Å²) in [5.74, 6) is 0. The van der Waals surface area contributed by atoms with Crippen LogP contribution in [0.2, 0.25) is 0 Å². The third-order valence-electron chi connectivity index (χ3n) is 6.40. The van der Waals surface area contributed by atoms with Gasteiger partial charge in [0, 0.05) is 9.65 Å². The fraction of sp³-hybridized carbons (Fsp3) is 0.977. The highest BCUT2D eigenvalue weighted by Gasteiger charge is 2.41. The average Bonchev–Trinajstić information content (AvgIpc) is 3.12. The van der Waals surface area contributed by atoms with E-state index in [0.29, 0.717) is 9.02 Å². The molecule has 0 N–H and O–H groups in total. The molecule has 0 heterocycles. The second-order valence-corrected chi connectivity index (χ2v) is 41.3. The smallest absolute Gasteiger partial charge is 0.305 e. The van der Waals surface area contributed by atoms with Crippen LogP contribution in [0, 0.1) is 0 Å². The van der Waals surface area contributed by atoms with Crippen molar-refractivity contribution in [2.75, 3.05) is 38.4 Å². The fourth-order valence-electron chi connectivity index (χ4n) is 5.25. The molecule has 0 rings (SSSR count). The van der Waals surface area contributed by atoms with E-state index in [2.05, 4.69) is 0 Å². The molecule has 0 atom stereocenters. The van der Waals surface area contributed by atoms with E-state index < -0.39 is 106 Å². The van der Waals surface area contributed by atoms with E-state index in [4.69, 9.17) is 66.5 Å². The lowest BCUT2D eigenvalue weighted by atomic mass is 10.5.